The van der Waals surface area contributed by atoms with E-state index in [0.717, 1.165) is 5.56 Å². The fraction of sp³-hybridized carbons (Fsp3) is 0.0500. The molecule has 0 saturated carbocycles. The van der Waals surface area contributed by atoms with Gasteiger partial charge in [-0.2, -0.15) is 0 Å². The van der Waals surface area contributed by atoms with Crippen LogP contribution in [0.25, 0.3) is 6.08 Å². The van der Waals surface area contributed by atoms with Crippen LogP contribution in [-0.4, -0.2) is 17.5 Å². The minimum absolute atomic E-state index is 0.0529. The molecular formula is C20H13NO3. The van der Waals surface area contributed by atoms with Gasteiger partial charge in [0.1, 0.15) is 0 Å². The zero-order valence-corrected chi connectivity index (χ0v) is 12.9. The molecule has 0 atom stereocenters. The summed E-state index contributed by atoms with van der Waals surface area (Å²) in [6.07, 6.45) is 3.49. The molecule has 0 radical (unpaired) electrons. The van der Waals surface area contributed by atoms with Gasteiger partial charge in [0.15, 0.2) is 11.6 Å². The lowest BCUT2D eigenvalue weighted by atomic mass is 10.0. The minimum atomic E-state index is -0.333. The summed E-state index contributed by atoms with van der Waals surface area (Å²) in [5.41, 5.74) is 2.71. The lowest BCUT2D eigenvalue weighted by Crippen LogP contribution is -2.31. The van der Waals surface area contributed by atoms with E-state index >= 15 is 0 Å². The molecule has 1 heterocycles. The van der Waals surface area contributed by atoms with Crippen molar-refractivity contribution in [2.45, 2.75) is 6.92 Å². The van der Waals surface area contributed by atoms with Gasteiger partial charge in [0, 0.05) is 18.1 Å². The molecule has 1 amide bonds. The van der Waals surface area contributed by atoms with Crippen LogP contribution in [0.4, 0.5) is 5.69 Å². The third-order valence-electron chi connectivity index (χ3n) is 4.28. The Hall–Kier alpha value is -3.27. The molecule has 0 saturated heterocycles. The predicted molar refractivity (Wildman–Crippen MR) is 90.8 cm³/mol. The number of fused-ring (bicyclic) bond motifs is 2. The molecule has 0 N–H and O–H groups in total. The van der Waals surface area contributed by atoms with Gasteiger partial charge in [-0.1, -0.05) is 48.5 Å². The van der Waals surface area contributed by atoms with Crippen LogP contribution in [-0.2, 0) is 4.79 Å². The zero-order valence-electron chi connectivity index (χ0n) is 12.9. The highest BCUT2D eigenvalue weighted by Crippen LogP contribution is 2.36. The van der Waals surface area contributed by atoms with Crippen LogP contribution in [0, 0.1) is 0 Å². The smallest absolute Gasteiger partial charge is 0.228 e. The van der Waals surface area contributed by atoms with Crippen LogP contribution in [0.3, 0.4) is 0 Å². The predicted octanol–water partition coefficient (Wildman–Crippen LogP) is 3.40. The molecule has 0 unspecified atom stereocenters. The fourth-order valence-corrected chi connectivity index (χ4v) is 3.22. The number of para-hydroxylation sites is 1. The van der Waals surface area contributed by atoms with Gasteiger partial charge in [0.05, 0.1) is 17.0 Å². The Kier molecular flexibility index (Phi) is 3.06. The summed E-state index contributed by atoms with van der Waals surface area (Å²) in [4.78, 5) is 39.2. The van der Waals surface area contributed by atoms with E-state index in [0.29, 0.717) is 22.5 Å². The van der Waals surface area contributed by atoms with E-state index in [1.165, 1.54) is 11.8 Å². The number of carbonyl (C=O) groups is 3. The van der Waals surface area contributed by atoms with E-state index < -0.39 is 0 Å². The number of hydrogen-bond donors (Lipinski definition) is 0. The number of amides is 1. The molecule has 0 bridgehead atoms. The molecular weight excluding hydrogens is 302 g/mol. The highest BCUT2D eigenvalue weighted by Gasteiger charge is 2.37. The van der Waals surface area contributed by atoms with Crippen molar-refractivity contribution >= 4 is 29.2 Å². The number of anilines is 1. The summed E-state index contributed by atoms with van der Waals surface area (Å²) in [5, 5.41) is 0. The van der Waals surface area contributed by atoms with Crippen LogP contribution in [0.5, 0.6) is 0 Å². The van der Waals surface area contributed by atoms with Gasteiger partial charge >= 0.3 is 0 Å². The fourth-order valence-electron chi connectivity index (χ4n) is 3.22. The Labute approximate surface area is 138 Å². The van der Waals surface area contributed by atoms with Crippen LogP contribution in [0.1, 0.15) is 33.2 Å². The molecule has 1 aliphatic heterocycles. The van der Waals surface area contributed by atoms with Crippen LogP contribution in [0.2, 0.25) is 0 Å². The quantitative estimate of drug-likeness (QED) is 0.553. The maximum Gasteiger partial charge on any atom is 0.228 e. The summed E-state index contributed by atoms with van der Waals surface area (Å²) in [6.45, 7) is 1.42. The van der Waals surface area contributed by atoms with E-state index in [9.17, 15) is 14.4 Å². The van der Waals surface area contributed by atoms with Crippen molar-refractivity contribution in [3.8, 4) is 0 Å². The largest absolute Gasteiger partial charge is 0.288 e. The topological polar surface area (TPSA) is 54.5 Å². The van der Waals surface area contributed by atoms with Crippen molar-refractivity contribution in [3.05, 3.63) is 82.6 Å². The van der Waals surface area contributed by atoms with E-state index in [4.69, 9.17) is 0 Å². The highest BCUT2D eigenvalue weighted by atomic mass is 16.2. The Bertz CT molecular complexity index is 945. The van der Waals surface area contributed by atoms with Crippen LogP contribution < -0.4 is 4.90 Å². The standard InChI is InChI=1S/C20H13NO3/c1-12(22)21-16-9-5-2-6-13(16)10-11-17(21)18-19(23)14-7-3-4-8-15(14)20(18)24/h2-11H,1H3. The first-order chi connectivity index (χ1) is 11.6. The Morgan fingerprint density at radius 2 is 1.42 bits per heavy atom. The van der Waals surface area contributed by atoms with Crippen molar-refractivity contribution in [2.24, 2.45) is 0 Å². The van der Waals surface area contributed by atoms with Gasteiger partial charge in [-0.25, -0.2) is 0 Å². The molecule has 2 aromatic rings. The van der Waals surface area contributed by atoms with Crippen molar-refractivity contribution < 1.29 is 14.4 Å². The monoisotopic (exact) mass is 315 g/mol. The summed E-state index contributed by atoms with van der Waals surface area (Å²) in [6, 6.07) is 14.1. The zero-order chi connectivity index (χ0) is 16.8. The summed E-state index contributed by atoms with van der Waals surface area (Å²) in [5.74, 6) is -0.910. The molecule has 24 heavy (non-hydrogen) atoms. The molecule has 2 aliphatic rings. The Morgan fingerprint density at radius 3 is 2.04 bits per heavy atom. The summed E-state index contributed by atoms with van der Waals surface area (Å²) in [7, 11) is 0. The highest BCUT2D eigenvalue weighted by molar-refractivity contribution is 6.40. The molecule has 4 heteroatoms. The Balaban J connectivity index is 1.97. The molecule has 4 rings (SSSR count). The minimum Gasteiger partial charge on any atom is -0.288 e. The lowest BCUT2D eigenvalue weighted by Gasteiger charge is -2.28. The second-order valence-corrected chi connectivity index (χ2v) is 5.71. The number of benzene rings is 2. The summed E-state index contributed by atoms with van der Waals surface area (Å²) < 4.78 is 0. The van der Waals surface area contributed by atoms with Gasteiger partial charge in [-0.05, 0) is 17.7 Å². The number of carbonyl (C=O) groups excluding carboxylic acids is 3. The number of nitrogens with zero attached hydrogens (tertiary/aromatic N) is 1. The van der Waals surface area contributed by atoms with Crippen molar-refractivity contribution in [3.63, 3.8) is 0 Å². The van der Waals surface area contributed by atoms with E-state index in [-0.39, 0.29) is 23.0 Å². The van der Waals surface area contributed by atoms with Gasteiger partial charge in [-0.3, -0.25) is 19.3 Å². The van der Waals surface area contributed by atoms with Gasteiger partial charge in [0.25, 0.3) is 0 Å². The summed E-state index contributed by atoms with van der Waals surface area (Å²) >= 11 is 0. The third-order valence-corrected chi connectivity index (χ3v) is 4.28. The molecule has 2 aromatic carbocycles. The second-order valence-electron chi connectivity index (χ2n) is 5.71. The van der Waals surface area contributed by atoms with Crippen molar-refractivity contribution in [2.75, 3.05) is 4.90 Å². The normalized spacial score (nSPS) is 15.6. The van der Waals surface area contributed by atoms with Crippen molar-refractivity contribution in [1.82, 2.24) is 0 Å². The van der Waals surface area contributed by atoms with Crippen LogP contribution in [0.15, 0.2) is 65.9 Å². The van der Waals surface area contributed by atoms with E-state index in [2.05, 4.69) is 0 Å². The number of ketones is 2. The lowest BCUT2D eigenvalue weighted by molar-refractivity contribution is -0.116. The molecule has 0 aromatic heterocycles. The maximum atomic E-state index is 12.7. The maximum absolute atomic E-state index is 12.7. The third kappa shape index (κ3) is 1.90. The number of rotatable bonds is 0. The van der Waals surface area contributed by atoms with Gasteiger partial charge in [-0.15, -0.1) is 0 Å². The Morgan fingerprint density at radius 1 is 0.833 bits per heavy atom. The van der Waals surface area contributed by atoms with Crippen LogP contribution >= 0.6 is 0 Å². The van der Waals surface area contributed by atoms with Gasteiger partial charge < -0.3 is 0 Å². The average Bonchev–Trinajstić information content (AvgIpc) is 2.85. The second kappa shape index (κ2) is 5.13. The van der Waals surface area contributed by atoms with Crippen molar-refractivity contribution in [1.29, 1.82) is 0 Å². The first kappa shape index (κ1) is 14.3. The first-order valence-corrected chi connectivity index (χ1v) is 7.60. The molecule has 4 nitrogen and oxygen atoms in total. The number of hydrogen-bond acceptors (Lipinski definition) is 3. The molecule has 0 spiro atoms. The van der Waals surface area contributed by atoms with E-state index in [1.807, 2.05) is 24.3 Å². The number of allylic oxidation sites excluding steroid dienone is 2. The average molecular weight is 315 g/mol. The molecule has 1 aliphatic carbocycles. The SMILES string of the molecule is CC(=O)N1C(=C2C(=O)c3ccccc3C2=O)C=Cc2ccccc21. The molecule has 116 valence electrons. The number of Topliss-reactive ketones (excluding diaryl/α,β-unsaturated/α-hetero) is 2. The van der Waals surface area contributed by atoms with Gasteiger partial charge in [0.2, 0.25) is 5.91 Å². The first-order valence-electron chi connectivity index (χ1n) is 7.60. The van der Waals surface area contributed by atoms with E-state index in [1.54, 1.807) is 36.4 Å². The molecule has 0 fully saturated rings.